The number of anilines is 1. The first-order valence-electron chi connectivity index (χ1n) is 7.81. The highest BCUT2D eigenvalue weighted by atomic mass is 32.2. The average Bonchev–Trinajstić information content (AvgIpc) is 2.65. The minimum atomic E-state index is -4.02. The van der Waals surface area contributed by atoms with Gasteiger partial charge >= 0.3 is 5.97 Å². The van der Waals surface area contributed by atoms with Gasteiger partial charge in [-0.3, -0.25) is 9.10 Å². The number of para-hydroxylation sites is 2. The Kier molecular flexibility index (Phi) is 4.91. The van der Waals surface area contributed by atoms with E-state index in [9.17, 15) is 18.0 Å². The standard InChI is InChI=1S/C17H16N2O7S/c18-17(22)15-9-19(13-3-1-2-4-14(13)26-15)27(23,24)12-7-5-11(6-8-12)25-10-16(20)21/h1-8,15H,9-10H2,(H2,18,22)(H,20,21)/t15-/m0/s1. The minimum Gasteiger partial charge on any atom is -0.482 e. The topological polar surface area (TPSA) is 136 Å². The summed E-state index contributed by atoms with van der Waals surface area (Å²) in [6, 6.07) is 11.7. The molecule has 0 saturated heterocycles. The quantitative estimate of drug-likeness (QED) is 0.734. The van der Waals surface area contributed by atoms with Crippen molar-refractivity contribution in [3.05, 3.63) is 48.5 Å². The van der Waals surface area contributed by atoms with E-state index in [2.05, 4.69) is 0 Å². The Morgan fingerprint density at radius 1 is 1.19 bits per heavy atom. The van der Waals surface area contributed by atoms with Gasteiger partial charge in [-0.2, -0.15) is 0 Å². The number of fused-ring (bicyclic) bond motifs is 1. The molecule has 0 aromatic heterocycles. The van der Waals surface area contributed by atoms with Crippen molar-refractivity contribution < 1.29 is 32.6 Å². The second kappa shape index (κ2) is 7.16. The van der Waals surface area contributed by atoms with Crippen LogP contribution in [0.4, 0.5) is 5.69 Å². The highest BCUT2D eigenvalue weighted by Crippen LogP contribution is 2.36. The Morgan fingerprint density at radius 2 is 1.85 bits per heavy atom. The Hall–Kier alpha value is -3.27. The van der Waals surface area contributed by atoms with Crippen molar-refractivity contribution >= 4 is 27.6 Å². The number of nitrogens with zero attached hydrogens (tertiary/aromatic N) is 1. The van der Waals surface area contributed by atoms with Crippen molar-refractivity contribution in [1.82, 2.24) is 0 Å². The van der Waals surface area contributed by atoms with Crippen molar-refractivity contribution in [2.24, 2.45) is 5.73 Å². The third-order valence-corrected chi connectivity index (χ3v) is 5.62. The molecular weight excluding hydrogens is 376 g/mol. The second-order valence-corrected chi connectivity index (χ2v) is 7.53. The first-order valence-corrected chi connectivity index (χ1v) is 9.25. The normalized spacial score (nSPS) is 16.1. The van der Waals surface area contributed by atoms with E-state index in [-0.39, 0.29) is 22.9 Å². The molecule has 2 aromatic carbocycles. The van der Waals surface area contributed by atoms with Gasteiger partial charge in [0.25, 0.3) is 15.9 Å². The van der Waals surface area contributed by atoms with E-state index in [1.807, 2.05) is 0 Å². The highest BCUT2D eigenvalue weighted by Gasteiger charge is 2.36. The van der Waals surface area contributed by atoms with Gasteiger partial charge in [-0.05, 0) is 36.4 Å². The molecule has 1 heterocycles. The molecule has 27 heavy (non-hydrogen) atoms. The summed E-state index contributed by atoms with van der Waals surface area (Å²) in [7, 11) is -4.02. The zero-order chi connectivity index (χ0) is 19.6. The molecule has 142 valence electrons. The summed E-state index contributed by atoms with van der Waals surface area (Å²) in [6.07, 6.45) is -1.12. The van der Waals surface area contributed by atoms with Crippen LogP contribution in [-0.4, -0.2) is 44.7 Å². The number of aliphatic carboxylic acids is 1. The van der Waals surface area contributed by atoms with E-state index >= 15 is 0 Å². The first kappa shape index (κ1) is 18.5. The number of nitrogens with two attached hydrogens (primary N) is 1. The molecule has 0 spiro atoms. The first-order chi connectivity index (χ1) is 12.8. The number of hydrogen-bond donors (Lipinski definition) is 2. The molecule has 1 amide bonds. The average molecular weight is 392 g/mol. The summed E-state index contributed by atoms with van der Waals surface area (Å²) in [5, 5.41) is 8.61. The Morgan fingerprint density at radius 3 is 2.48 bits per heavy atom. The fourth-order valence-electron chi connectivity index (χ4n) is 2.56. The number of primary amides is 1. The summed E-state index contributed by atoms with van der Waals surface area (Å²) in [5.41, 5.74) is 5.59. The predicted molar refractivity (Wildman–Crippen MR) is 94.2 cm³/mol. The Balaban J connectivity index is 1.94. The maximum Gasteiger partial charge on any atom is 0.341 e. The lowest BCUT2D eigenvalue weighted by molar-refractivity contribution is -0.139. The number of ether oxygens (including phenoxy) is 2. The Labute approximate surface area is 155 Å². The van der Waals surface area contributed by atoms with Crippen LogP contribution in [0.2, 0.25) is 0 Å². The van der Waals surface area contributed by atoms with Gasteiger partial charge in [0, 0.05) is 0 Å². The largest absolute Gasteiger partial charge is 0.482 e. The number of rotatable bonds is 6. The van der Waals surface area contributed by atoms with E-state index < -0.39 is 34.6 Å². The molecule has 2 aromatic rings. The number of benzene rings is 2. The van der Waals surface area contributed by atoms with Crippen molar-refractivity contribution in [1.29, 1.82) is 0 Å². The van der Waals surface area contributed by atoms with E-state index in [1.54, 1.807) is 24.3 Å². The molecule has 1 aliphatic rings. The van der Waals surface area contributed by atoms with Gasteiger partial charge in [-0.15, -0.1) is 0 Å². The van der Waals surface area contributed by atoms with Crippen LogP contribution >= 0.6 is 0 Å². The minimum absolute atomic E-state index is 0.0508. The van der Waals surface area contributed by atoms with Gasteiger partial charge in [-0.1, -0.05) is 12.1 Å². The van der Waals surface area contributed by atoms with Gasteiger partial charge in [0.05, 0.1) is 17.1 Å². The van der Waals surface area contributed by atoms with Crippen LogP contribution in [0.15, 0.2) is 53.4 Å². The van der Waals surface area contributed by atoms with Crippen LogP contribution < -0.4 is 19.5 Å². The van der Waals surface area contributed by atoms with Crippen LogP contribution in [0.1, 0.15) is 0 Å². The van der Waals surface area contributed by atoms with E-state index in [0.717, 1.165) is 4.31 Å². The van der Waals surface area contributed by atoms with Gasteiger partial charge in [0.15, 0.2) is 12.7 Å². The molecule has 3 rings (SSSR count). The van der Waals surface area contributed by atoms with Crippen molar-refractivity contribution in [3.8, 4) is 11.5 Å². The van der Waals surface area contributed by atoms with Gasteiger partial charge in [0.1, 0.15) is 11.5 Å². The summed E-state index contributed by atoms with van der Waals surface area (Å²) >= 11 is 0. The van der Waals surface area contributed by atoms with E-state index in [4.69, 9.17) is 20.3 Å². The van der Waals surface area contributed by atoms with Crippen LogP contribution in [0, 0.1) is 0 Å². The SMILES string of the molecule is NC(=O)[C@@H]1CN(S(=O)(=O)c2ccc(OCC(=O)O)cc2)c2ccccc2O1. The molecule has 0 aliphatic carbocycles. The Bertz CT molecular complexity index is 973. The fourth-order valence-corrected chi connectivity index (χ4v) is 4.03. The van der Waals surface area contributed by atoms with Crippen molar-refractivity contribution in [2.75, 3.05) is 17.5 Å². The number of carbonyl (C=O) groups is 2. The maximum absolute atomic E-state index is 13.1. The van der Waals surface area contributed by atoms with E-state index in [0.29, 0.717) is 5.69 Å². The lowest BCUT2D eigenvalue weighted by Crippen LogP contribution is -2.49. The number of hydrogen-bond acceptors (Lipinski definition) is 6. The van der Waals surface area contributed by atoms with Gasteiger partial charge < -0.3 is 20.3 Å². The van der Waals surface area contributed by atoms with Crippen LogP contribution in [0.25, 0.3) is 0 Å². The smallest absolute Gasteiger partial charge is 0.341 e. The molecule has 0 unspecified atom stereocenters. The lowest BCUT2D eigenvalue weighted by Gasteiger charge is -2.34. The second-order valence-electron chi connectivity index (χ2n) is 5.67. The van der Waals surface area contributed by atoms with Crippen molar-refractivity contribution in [3.63, 3.8) is 0 Å². The third kappa shape index (κ3) is 3.80. The molecule has 3 N–H and O–H groups in total. The maximum atomic E-state index is 13.1. The molecule has 9 nitrogen and oxygen atoms in total. The number of carboxylic acid groups (broad SMARTS) is 1. The molecular formula is C17H16N2O7S. The molecule has 10 heteroatoms. The van der Waals surface area contributed by atoms with Gasteiger partial charge in [-0.25, -0.2) is 13.2 Å². The van der Waals surface area contributed by atoms with Gasteiger partial charge in [0.2, 0.25) is 0 Å². The number of amides is 1. The molecule has 1 aliphatic heterocycles. The third-order valence-electron chi connectivity index (χ3n) is 3.83. The predicted octanol–water partition coefficient (Wildman–Crippen LogP) is 0.592. The van der Waals surface area contributed by atoms with E-state index in [1.165, 1.54) is 24.3 Å². The lowest BCUT2D eigenvalue weighted by atomic mass is 10.2. The number of carboxylic acids is 1. The summed E-state index contributed by atoms with van der Waals surface area (Å²) in [6.45, 7) is -0.796. The zero-order valence-electron chi connectivity index (χ0n) is 13.9. The molecule has 0 bridgehead atoms. The van der Waals surface area contributed by atoms with Crippen LogP contribution in [0.5, 0.6) is 11.5 Å². The zero-order valence-corrected chi connectivity index (χ0v) is 14.8. The number of sulfonamides is 1. The summed E-state index contributed by atoms with van der Waals surface area (Å²) in [5.74, 6) is -1.47. The molecule has 1 atom stereocenters. The number of carbonyl (C=O) groups excluding carboxylic acids is 1. The van der Waals surface area contributed by atoms with Crippen LogP contribution in [-0.2, 0) is 19.6 Å². The summed E-state index contributed by atoms with van der Waals surface area (Å²) in [4.78, 5) is 22.0. The molecule has 0 radical (unpaired) electrons. The summed E-state index contributed by atoms with van der Waals surface area (Å²) < 4.78 is 37.7. The molecule has 0 fully saturated rings. The highest BCUT2D eigenvalue weighted by molar-refractivity contribution is 7.92. The monoisotopic (exact) mass is 392 g/mol. The van der Waals surface area contributed by atoms with Crippen LogP contribution in [0.3, 0.4) is 0 Å². The van der Waals surface area contributed by atoms with Crippen molar-refractivity contribution in [2.45, 2.75) is 11.0 Å². The molecule has 0 saturated carbocycles. The fraction of sp³-hybridized carbons (Fsp3) is 0.176.